The molecular formula is C14H24N4O3. The number of methoxy groups -OCH3 is 1. The first-order chi connectivity index (χ1) is 10.2. The summed E-state index contributed by atoms with van der Waals surface area (Å²) in [6.45, 7) is 5.96. The van der Waals surface area contributed by atoms with Gasteiger partial charge in [-0.1, -0.05) is 0 Å². The summed E-state index contributed by atoms with van der Waals surface area (Å²) in [5, 5.41) is 9.69. The van der Waals surface area contributed by atoms with E-state index in [0.29, 0.717) is 18.2 Å². The number of carbonyl (C=O) groups excluding carboxylic acids is 1. The normalized spacial score (nSPS) is 19.4. The number of rotatable bonds is 7. The van der Waals surface area contributed by atoms with Crippen LogP contribution in [-0.4, -0.2) is 67.0 Å². The summed E-state index contributed by atoms with van der Waals surface area (Å²) in [4.78, 5) is 14.5. The molecule has 0 radical (unpaired) electrons. The van der Waals surface area contributed by atoms with Crippen molar-refractivity contribution in [1.29, 1.82) is 0 Å². The molecule has 21 heavy (non-hydrogen) atoms. The zero-order valence-electron chi connectivity index (χ0n) is 12.7. The van der Waals surface area contributed by atoms with Crippen LogP contribution in [0, 0.1) is 0 Å². The summed E-state index contributed by atoms with van der Waals surface area (Å²) in [6.07, 6.45) is 2.09. The van der Waals surface area contributed by atoms with Gasteiger partial charge in [0.1, 0.15) is 5.69 Å². The van der Waals surface area contributed by atoms with Crippen LogP contribution in [-0.2, 0) is 4.74 Å². The van der Waals surface area contributed by atoms with Crippen LogP contribution < -0.4 is 10.1 Å². The van der Waals surface area contributed by atoms with Crippen LogP contribution in [0.1, 0.15) is 30.3 Å². The molecule has 118 valence electrons. The van der Waals surface area contributed by atoms with Crippen LogP contribution in [0.2, 0.25) is 0 Å². The van der Waals surface area contributed by atoms with E-state index in [4.69, 9.17) is 9.47 Å². The number of likely N-dealkylation sites (tertiary alicyclic amines) is 1. The Morgan fingerprint density at radius 3 is 3.24 bits per heavy atom. The molecule has 0 saturated carbocycles. The van der Waals surface area contributed by atoms with Crippen molar-refractivity contribution in [2.24, 2.45) is 0 Å². The minimum absolute atomic E-state index is 0.132. The zero-order valence-corrected chi connectivity index (χ0v) is 12.7. The lowest BCUT2D eigenvalue weighted by Crippen LogP contribution is -2.48. The number of H-pyrrole nitrogens is 1. The number of nitrogens with one attached hydrogen (secondary N) is 2. The van der Waals surface area contributed by atoms with Gasteiger partial charge in [0.05, 0.1) is 13.2 Å². The SMILES string of the molecule is CCOc1cc(C(=O)N[C@H]2CCCN(CCOC)C2)[nH]n1. The highest BCUT2D eigenvalue weighted by Gasteiger charge is 2.22. The number of aromatic amines is 1. The van der Waals surface area contributed by atoms with E-state index in [-0.39, 0.29) is 11.9 Å². The minimum atomic E-state index is -0.132. The van der Waals surface area contributed by atoms with Gasteiger partial charge in [0.15, 0.2) is 0 Å². The van der Waals surface area contributed by atoms with E-state index >= 15 is 0 Å². The van der Waals surface area contributed by atoms with E-state index in [1.54, 1.807) is 13.2 Å². The molecule has 1 amide bonds. The van der Waals surface area contributed by atoms with Gasteiger partial charge >= 0.3 is 0 Å². The van der Waals surface area contributed by atoms with Crippen LogP contribution in [0.3, 0.4) is 0 Å². The van der Waals surface area contributed by atoms with Crippen molar-refractivity contribution >= 4 is 5.91 Å². The molecule has 1 aromatic rings. The maximum absolute atomic E-state index is 12.2. The van der Waals surface area contributed by atoms with Crippen molar-refractivity contribution in [3.63, 3.8) is 0 Å². The number of hydrogen-bond acceptors (Lipinski definition) is 5. The summed E-state index contributed by atoms with van der Waals surface area (Å²) in [7, 11) is 1.71. The van der Waals surface area contributed by atoms with E-state index < -0.39 is 0 Å². The first-order valence-corrected chi connectivity index (χ1v) is 7.43. The van der Waals surface area contributed by atoms with Gasteiger partial charge in [-0.3, -0.25) is 14.8 Å². The Bertz CT molecular complexity index is 449. The second kappa shape index (κ2) is 7.99. The van der Waals surface area contributed by atoms with Crippen molar-refractivity contribution in [3.8, 4) is 5.88 Å². The fourth-order valence-electron chi connectivity index (χ4n) is 2.50. The highest BCUT2D eigenvalue weighted by Crippen LogP contribution is 2.12. The average molecular weight is 296 g/mol. The molecular weight excluding hydrogens is 272 g/mol. The summed E-state index contributed by atoms with van der Waals surface area (Å²) in [6, 6.07) is 1.80. The lowest BCUT2D eigenvalue weighted by molar-refractivity contribution is 0.0874. The molecule has 0 unspecified atom stereocenters. The zero-order chi connectivity index (χ0) is 15.1. The maximum atomic E-state index is 12.2. The van der Waals surface area contributed by atoms with E-state index in [1.165, 1.54) is 0 Å². The number of amides is 1. The third-order valence-electron chi connectivity index (χ3n) is 3.54. The van der Waals surface area contributed by atoms with Gasteiger partial charge in [0, 0.05) is 32.3 Å². The highest BCUT2D eigenvalue weighted by molar-refractivity contribution is 5.92. The second-order valence-corrected chi connectivity index (χ2v) is 5.16. The van der Waals surface area contributed by atoms with Crippen molar-refractivity contribution in [1.82, 2.24) is 20.4 Å². The molecule has 2 rings (SSSR count). The molecule has 1 aromatic heterocycles. The summed E-state index contributed by atoms with van der Waals surface area (Å²) < 4.78 is 10.3. The monoisotopic (exact) mass is 296 g/mol. The quantitative estimate of drug-likeness (QED) is 0.772. The number of hydrogen-bond donors (Lipinski definition) is 2. The number of nitrogens with zero attached hydrogens (tertiary/aromatic N) is 2. The molecule has 1 atom stereocenters. The molecule has 0 aromatic carbocycles. The van der Waals surface area contributed by atoms with Gasteiger partial charge < -0.3 is 14.8 Å². The number of piperidine rings is 1. The molecule has 1 saturated heterocycles. The number of ether oxygens (including phenoxy) is 2. The Balaban J connectivity index is 1.83. The second-order valence-electron chi connectivity index (χ2n) is 5.16. The van der Waals surface area contributed by atoms with Crippen molar-refractivity contribution < 1.29 is 14.3 Å². The van der Waals surface area contributed by atoms with Gasteiger partial charge in [-0.25, -0.2) is 0 Å². The molecule has 0 bridgehead atoms. The average Bonchev–Trinajstić information content (AvgIpc) is 2.95. The molecule has 0 aliphatic carbocycles. The molecule has 2 heterocycles. The third kappa shape index (κ3) is 4.71. The molecule has 0 spiro atoms. The van der Waals surface area contributed by atoms with Crippen molar-refractivity contribution in [3.05, 3.63) is 11.8 Å². The fraction of sp³-hybridized carbons (Fsp3) is 0.714. The largest absolute Gasteiger partial charge is 0.477 e. The molecule has 1 fully saturated rings. The lowest BCUT2D eigenvalue weighted by atomic mass is 10.1. The van der Waals surface area contributed by atoms with Crippen LogP contribution in [0.5, 0.6) is 5.88 Å². The number of carbonyl (C=O) groups is 1. The van der Waals surface area contributed by atoms with Gasteiger partial charge in [-0.05, 0) is 26.3 Å². The Morgan fingerprint density at radius 2 is 2.48 bits per heavy atom. The maximum Gasteiger partial charge on any atom is 0.269 e. The van der Waals surface area contributed by atoms with Crippen LogP contribution in [0.4, 0.5) is 0 Å². The predicted octanol–water partition coefficient (Wildman–Crippen LogP) is 0.649. The van der Waals surface area contributed by atoms with Crippen LogP contribution in [0.25, 0.3) is 0 Å². The van der Waals surface area contributed by atoms with Gasteiger partial charge in [0.2, 0.25) is 5.88 Å². The molecule has 1 aliphatic heterocycles. The van der Waals surface area contributed by atoms with Gasteiger partial charge in [-0.2, -0.15) is 0 Å². The van der Waals surface area contributed by atoms with Gasteiger partial charge in [-0.15, -0.1) is 5.10 Å². The smallest absolute Gasteiger partial charge is 0.269 e. The lowest BCUT2D eigenvalue weighted by Gasteiger charge is -2.32. The predicted molar refractivity (Wildman–Crippen MR) is 78.6 cm³/mol. The Hall–Kier alpha value is -1.60. The van der Waals surface area contributed by atoms with E-state index in [0.717, 1.165) is 39.1 Å². The topological polar surface area (TPSA) is 79.5 Å². The highest BCUT2D eigenvalue weighted by atomic mass is 16.5. The van der Waals surface area contributed by atoms with Crippen molar-refractivity contribution in [2.75, 3.05) is 40.0 Å². The summed E-state index contributed by atoms with van der Waals surface area (Å²) >= 11 is 0. The standard InChI is InChI=1S/C14H24N4O3/c1-3-21-13-9-12(16-17-13)14(19)15-11-5-4-6-18(10-11)7-8-20-2/h9,11H,3-8,10H2,1-2H3,(H,15,19)(H,16,17)/t11-/m0/s1. The molecule has 7 heteroatoms. The molecule has 2 N–H and O–H groups in total. The minimum Gasteiger partial charge on any atom is -0.477 e. The van der Waals surface area contributed by atoms with E-state index in [2.05, 4.69) is 20.4 Å². The molecule has 1 aliphatic rings. The van der Waals surface area contributed by atoms with E-state index in [1.807, 2.05) is 6.92 Å². The molecule has 7 nitrogen and oxygen atoms in total. The Kier molecular flexibility index (Phi) is 6.01. The van der Waals surface area contributed by atoms with Gasteiger partial charge in [0.25, 0.3) is 5.91 Å². The first-order valence-electron chi connectivity index (χ1n) is 7.43. The number of aromatic nitrogens is 2. The van der Waals surface area contributed by atoms with E-state index in [9.17, 15) is 4.79 Å². The van der Waals surface area contributed by atoms with Crippen molar-refractivity contribution in [2.45, 2.75) is 25.8 Å². The van der Waals surface area contributed by atoms with Crippen LogP contribution >= 0.6 is 0 Å². The Labute approximate surface area is 125 Å². The summed E-state index contributed by atoms with van der Waals surface area (Å²) in [5.74, 6) is 0.319. The third-order valence-corrected chi connectivity index (χ3v) is 3.54. The Morgan fingerprint density at radius 1 is 1.62 bits per heavy atom. The van der Waals surface area contributed by atoms with Crippen LogP contribution in [0.15, 0.2) is 6.07 Å². The fourth-order valence-corrected chi connectivity index (χ4v) is 2.50. The first kappa shape index (κ1) is 15.8. The summed E-state index contributed by atoms with van der Waals surface area (Å²) in [5.41, 5.74) is 0.437.